The Bertz CT molecular complexity index is 1160. The van der Waals surface area contributed by atoms with Crippen LogP contribution >= 0.6 is 0 Å². The molecule has 3 nitrogen and oxygen atoms in total. The molecule has 0 aliphatic rings. The van der Waals surface area contributed by atoms with Gasteiger partial charge in [-0.25, -0.2) is 0 Å². The quantitative estimate of drug-likeness (QED) is 0.259. The monoisotopic (exact) mass is 521 g/mol. The van der Waals surface area contributed by atoms with Crippen LogP contribution in [0.5, 0.6) is 0 Å². The molecule has 0 aliphatic carbocycles. The smallest absolute Gasteiger partial charge is 0.159 e. The van der Waals surface area contributed by atoms with E-state index in [1.54, 1.807) is 24.4 Å². The van der Waals surface area contributed by atoms with Crippen molar-refractivity contribution in [2.24, 2.45) is 0 Å². The Balaban J connectivity index is 0.00000196. The zero-order chi connectivity index (χ0) is 17.6. The molecular weight excluding hydrogens is 502 g/mol. The molecule has 4 aromatic rings. The molecule has 0 unspecified atom stereocenters. The van der Waals surface area contributed by atoms with Crippen LogP contribution in [0, 0.1) is 6.07 Å². The molecule has 2 aromatic heterocycles. The molecule has 26 heavy (non-hydrogen) atoms. The van der Waals surface area contributed by atoms with Crippen molar-refractivity contribution in [3.8, 4) is 11.3 Å². The number of benzene rings is 2. The van der Waals surface area contributed by atoms with Crippen LogP contribution in [0.1, 0.15) is 26.3 Å². The van der Waals surface area contributed by atoms with Gasteiger partial charge >= 0.3 is 0 Å². The summed E-state index contributed by atoms with van der Waals surface area (Å²) < 4.78 is 5.94. The number of hydrogen-bond donors (Lipinski definition) is 0. The molecule has 0 N–H and O–H groups in total. The van der Waals surface area contributed by atoms with Gasteiger partial charge in [-0.05, 0) is 40.3 Å². The molecule has 0 aliphatic heterocycles. The molecule has 133 valence electrons. The number of nitrogens with zero attached hydrogens (tertiary/aromatic N) is 1. The van der Waals surface area contributed by atoms with Crippen molar-refractivity contribution >= 4 is 21.9 Å². The summed E-state index contributed by atoms with van der Waals surface area (Å²) in [6.07, 6.45) is 1.78. The van der Waals surface area contributed by atoms with Crippen LogP contribution in [-0.4, -0.2) is 4.98 Å². The molecule has 4 heteroatoms. The molecule has 2 aromatic carbocycles. The van der Waals surface area contributed by atoms with Gasteiger partial charge in [0.15, 0.2) is 5.43 Å². The van der Waals surface area contributed by atoms with Gasteiger partial charge in [0.25, 0.3) is 0 Å². The molecule has 0 saturated heterocycles. The van der Waals surface area contributed by atoms with Crippen molar-refractivity contribution in [1.82, 2.24) is 4.98 Å². The Morgan fingerprint density at radius 2 is 1.81 bits per heavy atom. The first kappa shape index (κ1) is 18.5. The first-order valence-electron chi connectivity index (χ1n) is 8.28. The summed E-state index contributed by atoms with van der Waals surface area (Å²) in [5, 5.41) is 1.10. The minimum atomic E-state index is -0.0494. The number of aromatic nitrogens is 1. The molecule has 1 radical (unpaired) electrons. The molecule has 0 bridgehead atoms. The molecule has 0 atom stereocenters. The Morgan fingerprint density at radius 1 is 1.04 bits per heavy atom. The van der Waals surface area contributed by atoms with Gasteiger partial charge in [-0.1, -0.05) is 45.0 Å². The fourth-order valence-electron chi connectivity index (χ4n) is 3.02. The molecule has 2 heterocycles. The van der Waals surface area contributed by atoms with Gasteiger partial charge in [0.2, 0.25) is 0 Å². The third kappa shape index (κ3) is 3.11. The van der Waals surface area contributed by atoms with Gasteiger partial charge in [0.05, 0.1) is 11.0 Å². The maximum Gasteiger partial charge on any atom is 0.159 e. The van der Waals surface area contributed by atoms with Crippen molar-refractivity contribution in [1.29, 1.82) is 0 Å². The van der Waals surface area contributed by atoms with Gasteiger partial charge < -0.3 is 9.40 Å². The SMILES string of the molecule is CC(C)(C)c1ccnc(-c2[c-]ccc3oc4ccccc4c(=O)c23)c1.[Ir]. The van der Waals surface area contributed by atoms with E-state index < -0.39 is 0 Å². The summed E-state index contributed by atoms with van der Waals surface area (Å²) in [6, 6.07) is 18.1. The number of pyridine rings is 1. The fraction of sp³-hybridized carbons (Fsp3) is 0.182. The summed E-state index contributed by atoms with van der Waals surface area (Å²) in [5.74, 6) is 0. The van der Waals surface area contributed by atoms with E-state index in [0.717, 1.165) is 11.3 Å². The largest absolute Gasteiger partial charge is 0.475 e. The molecule has 0 saturated carbocycles. The van der Waals surface area contributed by atoms with Gasteiger partial charge in [0, 0.05) is 26.3 Å². The van der Waals surface area contributed by atoms with E-state index in [1.165, 1.54) is 0 Å². The number of para-hydroxylation sites is 1. The average molecular weight is 521 g/mol. The predicted octanol–water partition coefficient (Wildman–Crippen LogP) is 5.10. The van der Waals surface area contributed by atoms with E-state index >= 15 is 0 Å². The number of fused-ring (bicyclic) bond motifs is 2. The van der Waals surface area contributed by atoms with Crippen LogP contribution in [0.4, 0.5) is 0 Å². The van der Waals surface area contributed by atoms with Crippen LogP contribution in [-0.2, 0) is 25.5 Å². The zero-order valence-electron chi connectivity index (χ0n) is 14.8. The maximum atomic E-state index is 13.1. The van der Waals surface area contributed by atoms with E-state index in [-0.39, 0.29) is 30.9 Å². The summed E-state index contributed by atoms with van der Waals surface area (Å²) in [6.45, 7) is 6.46. The first-order valence-corrected chi connectivity index (χ1v) is 8.28. The predicted molar refractivity (Wildman–Crippen MR) is 101 cm³/mol. The molecule has 4 rings (SSSR count). The minimum Gasteiger partial charge on any atom is -0.475 e. The van der Waals surface area contributed by atoms with Crippen molar-refractivity contribution in [2.45, 2.75) is 26.2 Å². The Kier molecular flexibility index (Phi) is 4.83. The Labute approximate surface area is 165 Å². The topological polar surface area (TPSA) is 43.1 Å². The second kappa shape index (κ2) is 6.79. The minimum absolute atomic E-state index is 0. The van der Waals surface area contributed by atoms with Crippen molar-refractivity contribution < 1.29 is 24.5 Å². The Morgan fingerprint density at radius 3 is 2.58 bits per heavy atom. The normalized spacial score (nSPS) is 11.5. The van der Waals surface area contributed by atoms with Gasteiger partial charge in [-0.15, -0.1) is 17.7 Å². The van der Waals surface area contributed by atoms with Crippen LogP contribution in [0.25, 0.3) is 33.2 Å². The third-order valence-electron chi connectivity index (χ3n) is 4.42. The summed E-state index contributed by atoms with van der Waals surface area (Å²) in [5.41, 5.74) is 3.68. The molecular formula is C22H18IrNO2-. The van der Waals surface area contributed by atoms with Crippen LogP contribution in [0.15, 0.2) is 63.9 Å². The second-order valence-electron chi connectivity index (χ2n) is 7.20. The van der Waals surface area contributed by atoms with Gasteiger partial charge in [-0.3, -0.25) is 4.79 Å². The van der Waals surface area contributed by atoms with E-state index in [4.69, 9.17) is 4.42 Å². The van der Waals surface area contributed by atoms with Crippen molar-refractivity contribution in [2.75, 3.05) is 0 Å². The van der Waals surface area contributed by atoms with Crippen LogP contribution in [0.2, 0.25) is 0 Å². The van der Waals surface area contributed by atoms with Gasteiger partial charge in [0.1, 0.15) is 5.58 Å². The molecule has 0 fully saturated rings. The van der Waals surface area contributed by atoms with Crippen molar-refractivity contribution in [3.63, 3.8) is 0 Å². The standard InChI is InChI=1S/C22H18NO2.Ir/c1-22(2,3)14-11-12-23-17(13-14)15-8-6-10-19-20(15)21(24)16-7-4-5-9-18(16)25-19;/h4-7,9-13H,1-3H3;/q-1;. The first-order chi connectivity index (χ1) is 11.9. The summed E-state index contributed by atoms with van der Waals surface area (Å²) >= 11 is 0. The van der Waals surface area contributed by atoms with Crippen molar-refractivity contribution in [3.05, 3.63) is 76.6 Å². The van der Waals surface area contributed by atoms with E-state index in [9.17, 15) is 4.79 Å². The molecule has 0 spiro atoms. The average Bonchev–Trinajstić information content (AvgIpc) is 2.61. The number of rotatable bonds is 1. The van der Waals surface area contributed by atoms with E-state index in [2.05, 4.69) is 31.8 Å². The maximum absolute atomic E-state index is 13.1. The third-order valence-corrected chi connectivity index (χ3v) is 4.42. The molecule has 0 amide bonds. The fourth-order valence-corrected chi connectivity index (χ4v) is 3.02. The number of hydrogen-bond acceptors (Lipinski definition) is 3. The van der Waals surface area contributed by atoms with Crippen LogP contribution < -0.4 is 5.43 Å². The Hall–Kier alpha value is -2.29. The summed E-state index contributed by atoms with van der Waals surface area (Å²) in [7, 11) is 0. The zero-order valence-corrected chi connectivity index (χ0v) is 17.2. The van der Waals surface area contributed by atoms with Crippen LogP contribution in [0.3, 0.4) is 0 Å². The van der Waals surface area contributed by atoms with Gasteiger partial charge in [-0.2, -0.15) is 0 Å². The van der Waals surface area contributed by atoms with E-state index in [1.807, 2.05) is 30.3 Å². The summed E-state index contributed by atoms with van der Waals surface area (Å²) in [4.78, 5) is 17.5. The second-order valence-corrected chi connectivity index (χ2v) is 7.20. The van der Waals surface area contributed by atoms with E-state index in [0.29, 0.717) is 27.5 Å².